The van der Waals surface area contributed by atoms with Crippen molar-refractivity contribution in [2.24, 2.45) is 7.05 Å². The van der Waals surface area contributed by atoms with Crippen LogP contribution in [0.1, 0.15) is 12.0 Å². The highest BCUT2D eigenvalue weighted by Gasteiger charge is 2.41. The van der Waals surface area contributed by atoms with Crippen LogP contribution >= 0.6 is 12.2 Å². The van der Waals surface area contributed by atoms with Crippen molar-refractivity contribution >= 4 is 18.2 Å². The van der Waals surface area contributed by atoms with Crippen LogP contribution in [0.4, 0.5) is 0 Å². The number of nitrogens with zero attached hydrogens (tertiary/aromatic N) is 3. The number of carbonyl (C=O) groups is 1. The van der Waals surface area contributed by atoms with Crippen molar-refractivity contribution in [1.82, 2.24) is 14.3 Å². The average molecular weight is 363 g/mol. The number of aliphatic hydroxyl groups is 1. The fourth-order valence-electron chi connectivity index (χ4n) is 3.39. The van der Waals surface area contributed by atoms with E-state index >= 15 is 0 Å². The van der Waals surface area contributed by atoms with Gasteiger partial charge in [0.1, 0.15) is 12.6 Å². The number of ether oxygens (including phenoxy) is 1. The topological polar surface area (TPSA) is 73.7 Å². The monoisotopic (exact) mass is 363 g/mol. The average Bonchev–Trinajstić information content (AvgIpc) is 3.09. The lowest BCUT2D eigenvalue weighted by Gasteiger charge is -2.18. The predicted octanol–water partition coefficient (Wildman–Crippen LogP) is 0.0751. The number of aromatic nitrogens is 3. The van der Waals surface area contributed by atoms with Crippen LogP contribution in [0.5, 0.6) is 0 Å². The van der Waals surface area contributed by atoms with Gasteiger partial charge >= 0.3 is 5.97 Å². The van der Waals surface area contributed by atoms with Crippen LogP contribution in [-0.4, -0.2) is 51.2 Å². The van der Waals surface area contributed by atoms with E-state index in [1.807, 2.05) is 42.8 Å². The molecule has 0 aliphatic carbocycles. The molecule has 1 aromatic carbocycles. The van der Waals surface area contributed by atoms with E-state index in [0.29, 0.717) is 24.4 Å². The van der Waals surface area contributed by atoms with Crippen molar-refractivity contribution in [3.63, 3.8) is 0 Å². The van der Waals surface area contributed by atoms with Crippen molar-refractivity contribution in [1.29, 1.82) is 0 Å². The largest absolute Gasteiger partial charge is 0.465 e. The summed E-state index contributed by atoms with van der Waals surface area (Å²) in [5.74, 6) is 0.477. The summed E-state index contributed by atoms with van der Waals surface area (Å²) in [7, 11) is 3.26. The second-order valence-corrected chi connectivity index (χ2v) is 6.83. The third-order valence-corrected chi connectivity index (χ3v) is 5.25. The first-order valence-electron chi connectivity index (χ1n) is 8.22. The Kier molecular flexibility index (Phi) is 5.03. The van der Waals surface area contributed by atoms with Gasteiger partial charge in [-0.3, -0.25) is 0 Å². The van der Waals surface area contributed by atoms with Crippen molar-refractivity contribution in [3.05, 3.63) is 34.6 Å². The maximum Gasteiger partial charge on any atom is 0.364 e. The molecule has 0 amide bonds. The summed E-state index contributed by atoms with van der Waals surface area (Å²) < 4.78 is 9.04. The van der Waals surface area contributed by atoms with Gasteiger partial charge in [0.25, 0.3) is 0 Å². The zero-order chi connectivity index (χ0) is 18.1. The molecular weight excluding hydrogens is 340 g/mol. The van der Waals surface area contributed by atoms with Gasteiger partial charge in [-0.2, -0.15) is 4.68 Å². The molecule has 1 aromatic heterocycles. The maximum absolute atomic E-state index is 12.0. The molecule has 2 heterocycles. The number of methoxy groups -OCH3 is 1. The first-order chi connectivity index (χ1) is 11.9. The summed E-state index contributed by atoms with van der Waals surface area (Å²) in [5.41, 5.74) is 2.14. The number of aliphatic hydroxyl groups excluding tert-OH is 1. The van der Waals surface area contributed by atoms with E-state index in [1.54, 1.807) is 4.68 Å². The molecule has 134 valence electrons. The Labute approximate surface area is 151 Å². The highest BCUT2D eigenvalue weighted by atomic mass is 32.1. The molecule has 7 nitrogen and oxygen atoms in total. The Hall–Kier alpha value is -2.03. The van der Waals surface area contributed by atoms with Gasteiger partial charge in [0.2, 0.25) is 4.77 Å². The van der Waals surface area contributed by atoms with Crippen LogP contribution in [-0.2, 0) is 23.2 Å². The molecule has 0 radical (unpaired) electrons. The number of aryl methyl sites for hydroxylation is 1. The van der Waals surface area contributed by atoms with Crippen molar-refractivity contribution in [2.75, 3.05) is 13.7 Å². The Balaban J connectivity index is 1.92. The molecule has 1 saturated heterocycles. The van der Waals surface area contributed by atoms with E-state index in [-0.39, 0.29) is 5.97 Å². The molecule has 0 bridgehead atoms. The molecular formula is C17H23N4O3S+. The minimum absolute atomic E-state index is 0.312. The fraction of sp³-hybridized carbons (Fsp3) is 0.471. The van der Waals surface area contributed by atoms with Crippen LogP contribution in [0.25, 0.3) is 11.4 Å². The van der Waals surface area contributed by atoms with Gasteiger partial charge in [-0.05, 0) is 24.7 Å². The number of rotatable bonds is 4. The van der Waals surface area contributed by atoms with Gasteiger partial charge < -0.3 is 19.3 Å². The molecule has 1 fully saturated rings. The van der Waals surface area contributed by atoms with E-state index in [2.05, 4.69) is 5.10 Å². The van der Waals surface area contributed by atoms with Crippen LogP contribution in [0.15, 0.2) is 24.3 Å². The zero-order valence-corrected chi connectivity index (χ0v) is 15.4. The first kappa shape index (κ1) is 17.8. The molecule has 2 N–H and O–H groups in total. The molecule has 0 saturated carbocycles. The van der Waals surface area contributed by atoms with Gasteiger partial charge in [-0.1, -0.05) is 24.3 Å². The number of nitrogens with one attached hydrogen (secondary N) is 1. The van der Waals surface area contributed by atoms with E-state index in [1.165, 1.54) is 7.11 Å². The van der Waals surface area contributed by atoms with Gasteiger partial charge in [-0.25, -0.2) is 4.79 Å². The minimum atomic E-state index is -0.521. The normalized spacial score (nSPS) is 23.0. The van der Waals surface area contributed by atoms with E-state index in [9.17, 15) is 9.90 Å². The number of benzene rings is 1. The molecule has 1 unspecified atom stereocenters. The van der Waals surface area contributed by atoms with E-state index in [0.717, 1.165) is 21.9 Å². The van der Waals surface area contributed by atoms with Crippen LogP contribution in [0.2, 0.25) is 0 Å². The van der Waals surface area contributed by atoms with E-state index < -0.39 is 12.1 Å². The number of esters is 1. The molecule has 3 rings (SSSR count). The standard InChI is InChI=1S/C17H22N4O3S/c1-11-6-4-5-7-13(11)15-18-21(17(25)19(15)2)10-20-9-12(22)8-14(20)16(23)24-3/h4-7,12,14,22H,8-10H2,1-3H3/p+1/t12-,14+/m1/s1. The van der Waals surface area contributed by atoms with Crippen LogP contribution in [0, 0.1) is 11.7 Å². The SMILES string of the molecule is COC(=O)[C@@H]1C[C@@H](O)C[NH+]1Cn1nc(-c2ccccc2C)n(C)c1=S. The van der Waals surface area contributed by atoms with E-state index in [4.69, 9.17) is 17.0 Å². The molecule has 8 heteroatoms. The highest BCUT2D eigenvalue weighted by Crippen LogP contribution is 2.21. The first-order valence-corrected chi connectivity index (χ1v) is 8.63. The summed E-state index contributed by atoms with van der Waals surface area (Å²) in [5, 5.41) is 14.6. The lowest BCUT2D eigenvalue weighted by molar-refractivity contribution is -0.928. The maximum atomic E-state index is 12.0. The van der Waals surface area contributed by atoms with Crippen molar-refractivity contribution < 1.29 is 19.5 Å². The number of likely N-dealkylation sites (tertiary alicyclic amines) is 1. The molecule has 25 heavy (non-hydrogen) atoms. The van der Waals surface area contributed by atoms with Gasteiger partial charge in [0.05, 0.1) is 7.11 Å². The summed E-state index contributed by atoms with van der Waals surface area (Å²) in [6.45, 7) is 2.92. The Morgan fingerprint density at radius 2 is 2.20 bits per heavy atom. The minimum Gasteiger partial charge on any atom is -0.465 e. The van der Waals surface area contributed by atoms with Crippen molar-refractivity contribution in [3.8, 4) is 11.4 Å². The lowest BCUT2D eigenvalue weighted by atomic mass is 10.1. The smallest absolute Gasteiger partial charge is 0.364 e. The third kappa shape index (κ3) is 3.37. The summed E-state index contributed by atoms with van der Waals surface area (Å²) in [4.78, 5) is 12.9. The molecule has 0 spiro atoms. The summed E-state index contributed by atoms with van der Waals surface area (Å²) >= 11 is 5.53. The Bertz CT molecular complexity index is 845. The Morgan fingerprint density at radius 1 is 1.48 bits per heavy atom. The fourth-order valence-corrected chi connectivity index (χ4v) is 3.58. The highest BCUT2D eigenvalue weighted by molar-refractivity contribution is 7.71. The second-order valence-electron chi connectivity index (χ2n) is 6.47. The number of quaternary nitrogens is 1. The number of carbonyl (C=O) groups excluding carboxylic acids is 1. The number of hydrogen-bond acceptors (Lipinski definition) is 5. The molecule has 1 aliphatic rings. The van der Waals surface area contributed by atoms with Crippen LogP contribution < -0.4 is 4.90 Å². The Morgan fingerprint density at radius 3 is 2.88 bits per heavy atom. The zero-order valence-electron chi connectivity index (χ0n) is 14.6. The summed E-state index contributed by atoms with van der Waals surface area (Å²) in [6, 6.07) is 7.61. The second kappa shape index (κ2) is 7.07. The van der Waals surface area contributed by atoms with Gasteiger partial charge in [0.15, 0.2) is 18.5 Å². The van der Waals surface area contributed by atoms with Gasteiger partial charge in [-0.15, -0.1) is 5.10 Å². The molecule has 1 aliphatic heterocycles. The van der Waals surface area contributed by atoms with Crippen LogP contribution in [0.3, 0.4) is 0 Å². The molecule has 3 atom stereocenters. The van der Waals surface area contributed by atoms with Gasteiger partial charge in [0, 0.05) is 19.0 Å². The third-order valence-electron chi connectivity index (χ3n) is 4.76. The summed E-state index contributed by atoms with van der Waals surface area (Å²) in [6.07, 6.45) is -0.125. The predicted molar refractivity (Wildman–Crippen MR) is 94.5 cm³/mol. The molecule has 2 aromatic rings. The van der Waals surface area contributed by atoms with Crippen molar-refractivity contribution in [2.45, 2.75) is 32.2 Å². The number of hydrogen-bond donors (Lipinski definition) is 2. The quantitative estimate of drug-likeness (QED) is 0.594. The lowest BCUT2D eigenvalue weighted by Crippen LogP contribution is -3.14.